The molecule has 4 rings (SSSR count). The number of halogens is 3. The second-order valence-electron chi connectivity index (χ2n) is 6.99. The van der Waals surface area contributed by atoms with E-state index in [1.807, 2.05) is 42.5 Å². The van der Waals surface area contributed by atoms with Crippen LogP contribution in [0.4, 0.5) is 18.9 Å². The fraction of sp³-hybridized carbons (Fsp3) is 0.0800. The van der Waals surface area contributed by atoms with Crippen molar-refractivity contribution in [3.05, 3.63) is 108 Å². The average Bonchev–Trinajstić information content (AvgIpc) is 2.77. The lowest BCUT2D eigenvalue weighted by Crippen LogP contribution is -2.14. The summed E-state index contributed by atoms with van der Waals surface area (Å²) < 4.78 is 44.5. The Morgan fingerprint density at radius 2 is 1.58 bits per heavy atom. The molecule has 0 aliphatic carbocycles. The molecule has 0 spiro atoms. The standard InChI is InChI=1S/C25H18F3NO2/c26-25(27,28)20-10-4-8-18(14-20)24(30)29-21-11-5-12-22(15-21)31-16-19-9-3-7-17-6-1-2-13-23(17)19/h1-15H,16H2,(H,29,30). The number of nitrogens with one attached hydrogen (secondary N) is 1. The highest BCUT2D eigenvalue weighted by Gasteiger charge is 2.30. The van der Waals surface area contributed by atoms with Crippen LogP contribution in [0.5, 0.6) is 5.75 Å². The number of alkyl halides is 3. The lowest BCUT2D eigenvalue weighted by atomic mass is 10.1. The first-order valence-electron chi connectivity index (χ1n) is 9.58. The number of hydrogen-bond donors (Lipinski definition) is 1. The van der Waals surface area contributed by atoms with Crippen molar-refractivity contribution in [1.82, 2.24) is 0 Å². The van der Waals surface area contributed by atoms with Crippen molar-refractivity contribution in [2.75, 3.05) is 5.32 Å². The zero-order valence-electron chi connectivity index (χ0n) is 16.3. The van der Waals surface area contributed by atoms with Crippen LogP contribution in [0.1, 0.15) is 21.5 Å². The Morgan fingerprint density at radius 3 is 2.42 bits per heavy atom. The minimum Gasteiger partial charge on any atom is -0.489 e. The summed E-state index contributed by atoms with van der Waals surface area (Å²) in [7, 11) is 0. The SMILES string of the molecule is O=C(Nc1cccc(OCc2cccc3ccccc23)c1)c1cccc(C(F)(F)F)c1. The molecule has 0 aromatic heterocycles. The van der Waals surface area contributed by atoms with Crippen molar-refractivity contribution >= 4 is 22.4 Å². The molecule has 0 unspecified atom stereocenters. The van der Waals surface area contributed by atoms with Crippen molar-refractivity contribution in [2.45, 2.75) is 12.8 Å². The number of anilines is 1. The van der Waals surface area contributed by atoms with Gasteiger partial charge in [0.25, 0.3) is 5.91 Å². The number of fused-ring (bicyclic) bond motifs is 1. The second-order valence-corrected chi connectivity index (χ2v) is 6.99. The van der Waals surface area contributed by atoms with Crippen LogP contribution in [-0.2, 0) is 12.8 Å². The number of rotatable bonds is 5. The normalized spacial score (nSPS) is 11.3. The summed E-state index contributed by atoms with van der Waals surface area (Å²) in [5.74, 6) is -0.0907. The minimum atomic E-state index is -4.51. The van der Waals surface area contributed by atoms with Gasteiger partial charge in [-0.15, -0.1) is 0 Å². The van der Waals surface area contributed by atoms with Gasteiger partial charge in [0.05, 0.1) is 5.56 Å². The van der Waals surface area contributed by atoms with Crippen LogP contribution in [0.3, 0.4) is 0 Å². The van der Waals surface area contributed by atoms with Crippen molar-refractivity contribution in [3.8, 4) is 5.75 Å². The predicted molar refractivity (Wildman–Crippen MR) is 114 cm³/mol. The predicted octanol–water partition coefficient (Wildman–Crippen LogP) is 6.69. The van der Waals surface area contributed by atoms with E-state index in [2.05, 4.69) is 5.32 Å². The third-order valence-electron chi connectivity index (χ3n) is 4.82. The van der Waals surface area contributed by atoms with Crippen LogP contribution >= 0.6 is 0 Å². The van der Waals surface area contributed by atoms with E-state index in [0.29, 0.717) is 18.0 Å². The fourth-order valence-corrected chi connectivity index (χ4v) is 3.28. The molecule has 0 fully saturated rings. The Hall–Kier alpha value is -3.80. The van der Waals surface area contributed by atoms with Gasteiger partial charge in [0.15, 0.2) is 0 Å². The monoisotopic (exact) mass is 421 g/mol. The van der Waals surface area contributed by atoms with E-state index in [0.717, 1.165) is 28.5 Å². The molecule has 0 bridgehead atoms. The Balaban J connectivity index is 1.47. The maximum absolute atomic E-state index is 12.9. The number of benzene rings is 4. The van der Waals surface area contributed by atoms with E-state index >= 15 is 0 Å². The van der Waals surface area contributed by atoms with Crippen LogP contribution in [0, 0.1) is 0 Å². The maximum Gasteiger partial charge on any atom is 0.416 e. The Morgan fingerprint density at radius 1 is 0.839 bits per heavy atom. The van der Waals surface area contributed by atoms with Gasteiger partial charge in [0.1, 0.15) is 12.4 Å². The van der Waals surface area contributed by atoms with Crippen molar-refractivity contribution in [1.29, 1.82) is 0 Å². The quantitative estimate of drug-likeness (QED) is 0.390. The zero-order chi connectivity index (χ0) is 21.8. The van der Waals surface area contributed by atoms with Crippen LogP contribution in [0.2, 0.25) is 0 Å². The topological polar surface area (TPSA) is 38.3 Å². The lowest BCUT2D eigenvalue weighted by molar-refractivity contribution is -0.137. The molecule has 0 saturated carbocycles. The first-order chi connectivity index (χ1) is 14.9. The van der Waals surface area contributed by atoms with Crippen LogP contribution < -0.4 is 10.1 Å². The van der Waals surface area contributed by atoms with E-state index in [-0.39, 0.29) is 5.56 Å². The molecule has 6 heteroatoms. The third kappa shape index (κ3) is 4.86. The van der Waals surface area contributed by atoms with Gasteiger partial charge < -0.3 is 10.1 Å². The molecule has 4 aromatic rings. The summed E-state index contributed by atoms with van der Waals surface area (Å²) in [4.78, 5) is 12.4. The van der Waals surface area contributed by atoms with Gasteiger partial charge >= 0.3 is 6.18 Å². The molecule has 0 atom stereocenters. The molecule has 3 nitrogen and oxygen atoms in total. The summed E-state index contributed by atoms with van der Waals surface area (Å²) in [6, 6.07) is 25.0. The summed E-state index contributed by atoms with van der Waals surface area (Å²) in [5, 5.41) is 4.83. The lowest BCUT2D eigenvalue weighted by Gasteiger charge is -2.12. The first-order valence-corrected chi connectivity index (χ1v) is 9.58. The van der Waals surface area contributed by atoms with Crippen molar-refractivity contribution in [2.24, 2.45) is 0 Å². The molecule has 1 N–H and O–H groups in total. The highest BCUT2D eigenvalue weighted by molar-refractivity contribution is 6.04. The highest BCUT2D eigenvalue weighted by atomic mass is 19.4. The summed E-state index contributed by atoms with van der Waals surface area (Å²) in [5.41, 5.74) is 0.513. The molecule has 4 aromatic carbocycles. The molecular weight excluding hydrogens is 403 g/mol. The summed E-state index contributed by atoms with van der Waals surface area (Å²) in [6.45, 7) is 0.340. The van der Waals surface area contributed by atoms with Gasteiger partial charge in [-0.25, -0.2) is 0 Å². The maximum atomic E-state index is 12.9. The van der Waals surface area contributed by atoms with Crippen LogP contribution in [0.25, 0.3) is 10.8 Å². The first kappa shape index (κ1) is 20.5. The minimum absolute atomic E-state index is 0.0723. The number of carbonyl (C=O) groups is 1. The number of amides is 1. The summed E-state index contributed by atoms with van der Waals surface area (Å²) >= 11 is 0. The molecule has 0 saturated heterocycles. The average molecular weight is 421 g/mol. The van der Waals surface area contributed by atoms with E-state index in [9.17, 15) is 18.0 Å². The van der Waals surface area contributed by atoms with Gasteiger partial charge in [-0.2, -0.15) is 13.2 Å². The smallest absolute Gasteiger partial charge is 0.416 e. The molecular formula is C25H18F3NO2. The molecule has 0 aliphatic heterocycles. The van der Waals surface area contributed by atoms with Crippen molar-refractivity contribution < 1.29 is 22.7 Å². The highest BCUT2D eigenvalue weighted by Crippen LogP contribution is 2.30. The Kier molecular flexibility index (Phi) is 5.62. The van der Waals surface area contributed by atoms with Gasteiger partial charge in [0.2, 0.25) is 0 Å². The van der Waals surface area contributed by atoms with Gasteiger partial charge in [0, 0.05) is 17.3 Å². The largest absolute Gasteiger partial charge is 0.489 e. The van der Waals surface area contributed by atoms with Crippen LogP contribution in [-0.4, -0.2) is 5.91 Å². The van der Waals surface area contributed by atoms with Crippen molar-refractivity contribution in [3.63, 3.8) is 0 Å². The molecule has 31 heavy (non-hydrogen) atoms. The van der Waals surface area contributed by atoms with E-state index in [1.165, 1.54) is 12.1 Å². The fourth-order valence-electron chi connectivity index (χ4n) is 3.28. The van der Waals surface area contributed by atoms with E-state index < -0.39 is 17.6 Å². The van der Waals surface area contributed by atoms with E-state index in [1.54, 1.807) is 24.3 Å². The Bertz CT molecular complexity index is 1230. The molecule has 1 amide bonds. The molecule has 0 aliphatic rings. The zero-order valence-corrected chi connectivity index (χ0v) is 16.3. The number of ether oxygens (including phenoxy) is 1. The molecule has 156 valence electrons. The van der Waals surface area contributed by atoms with E-state index in [4.69, 9.17) is 4.74 Å². The second kappa shape index (κ2) is 8.52. The van der Waals surface area contributed by atoms with Gasteiger partial charge in [-0.05, 0) is 46.7 Å². The van der Waals surface area contributed by atoms with Gasteiger partial charge in [-0.1, -0.05) is 54.6 Å². The summed E-state index contributed by atoms with van der Waals surface area (Å²) in [6.07, 6.45) is -4.51. The van der Waals surface area contributed by atoms with Crippen LogP contribution in [0.15, 0.2) is 91.0 Å². The van der Waals surface area contributed by atoms with Gasteiger partial charge in [-0.3, -0.25) is 4.79 Å². The number of hydrogen-bond acceptors (Lipinski definition) is 2. The number of carbonyl (C=O) groups excluding carboxylic acids is 1. The molecule has 0 radical (unpaired) electrons. The third-order valence-corrected chi connectivity index (χ3v) is 4.82. The molecule has 0 heterocycles. The Labute approximate surface area is 177 Å².